The Labute approximate surface area is 172 Å². The van der Waals surface area contributed by atoms with Gasteiger partial charge in [0, 0.05) is 6.07 Å². The van der Waals surface area contributed by atoms with E-state index < -0.39 is 10.0 Å². The molecule has 0 aliphatic rings. The highest BCUT2D eigenvalue weighted by Gasteiger charge is 2.20. The first kappa shape index (κ1) is 18.9. The fourth-order valence-electron chi connectivity index (χ4n) is 2.89. The van der Waals surface area contributed by atoms with Crippen molar-refractivity contribution in [1.82, 2.24) is 9.78 Å². The molecule has 2 aromatic heterocycles. The third-order valence-electron chi connectivity index (χ3n) is 4.36. The summed E-state index contributed by atoms with van der Waals surface area (Å²) in [6.07, 6.45) is 0. The van der Waals surface area contributed by atoms with Crippen LogP contribution in [0.5, 0.6) is 0 Å². The Bertz CT molecular complexity index is 1300. The van der Waals surface area contributed by atoms with Crippen LogP contribution in [-0.2, 0) is 10.0 Å². The Hall–Kier alpha value is -3.41. The third-order valence-corrected chi connectivity index (χ3v) is 6.62. The van der Waals surface area contributed by atoms with Crippen molar-refractivity contribution >= 4 is 27.2 Å². The van der Waals surface area contributed by atoms with Crippen LogP contribution in [0.1, 0.15) is 11.1 Å². The molecule has 144 valence electrons. The van der Waals surface area contributed by atoms with E-state index in [0.717, 1.165) is 16.1 Å². The largest absolute Gasteiger partial charge is 0.263 e. The number of nitriles is 1. The van der Waals surface area contributed by atoms with Gasteiger partial charge in [0.05, 0.1) is 27.1 Å². The molecule has 0 saturated heterocycles. The van der Waals surface area contributed by atoms with Crippen LogP contribution in [0, 0.1) is 18.3 Å². The Kier molecular flexibility index (Phi) is 4.92. The molecule has 0 amide bonds. The number of sulfonamides is 1. The quantitative estimate of drug-likeness (QED) is 0.512. The summed E-state index contributed by atoms with van der Waals surface area (Å²) >= 11 is 1.53. The second kappa shape index (κ2) is 7.54. The molecule has 6 nitrogen and oxygen atoms in total. The van der Waals surface area contributed by atoms with E-state index in [-0.39, 0.29) is 4.90 Å². The van der Waals surface area contributed by atoms with Crippen LogP contribution in [0.15, 0.2) is 77.0 Å². The molecule has 0 fully saturated rings. The second-order valence-corrected chi connectivity index (χ2v) is 8.96. The Morgan fingerprint density at radius 1 is 1.07 bits per heavy atom. The lowest BCUT2D eigenvalue weighted by Gasteiger charge is -2.12. The Morgan fingerprint density at radius 3 is 2.48 bits per heavy atom. The van der Waals surface area contributed by atoms with Crippen molar-refractivity contribution in [3.05, 3.63) is 83.2 Å². The van der Waals surface area contributed by atoms with Crippen molar-refractivity contribution in [2.75, 3.05) is 4.72 Å². The molecular weight excluding hydrogens is 404 g/mol. The number of hydrogen-bond acceptors (Lipinski definition) is 5. The number of nitrogens with one attached hydrogen (secondary N) is 1. The number of anilines is 1. The van der Waals surface area contributed by atoms with E-state index >= 15 is 0 Å². The summed E-state index contributed by atoms with van der Waals surface area (Å²) in [5.74, 6) is 0.340. The van der Waals surface area contributed by atoms with Crippen LogP contribution >= 0.6 is 11.3 Å². The molecule has 0 unspecified atom stereocenters. The summed E-state index contributed by atoms with van der Waals surface area (Å²) in [6.45, 7) is 1.95. The molecule has 0 bridgehead atoms. The van der Waals surface area contributed by atoms with Gasteiger partial charge in [-0.1, -0.05) is 24.3 Å². The lowest BCUT2D eigenvalue weighted by atomic mass is 10.2. The van der Waals surface area contributed by atoms with Gasteiger partial charge in [-0.2, -0.15) is 10.4 Å². The summed E-state index contributed by atoms with van der Waals surface area (Å²) in [7, 11) is -3.85. The molecule has 0 atom stereocenters. The molecule has 0 aliphatic carbocycles. The lowest BCUT2D eigenvalue weighted by Crippen LogP contribution is -2.16. The van der Waals surface area contributed by atoms with Gasteiger partial charge in [0.25, 0.3) is 10.0 Å². The van der Waals surface area contributed by atoms with Gasteiger partial charge in [0.1, 0.15) is 11.5 Å². The molecule has 2 heterocycles. The first-order chi connectivity index (χ1) is 14.0. The highest BCUT2D eigenvalue weighted by molar-refractivity contribution is 7.92. The smallest absolute Gasteiger partial charge is 0.263 e. The van der Waals surface area contributed by atoms with Gasteiger partial charge in [-0.05, 0) is 54.3 Å². The molecular formula is C21H16N4O2S2. The minimum atomic E-state index is -3.85. The molecule has 8 heteroatoms. The molecule has 29 heavy (non-hydrogen) atoms. The Balaban J connectivity index is 1.79. The van der Waals surface area contributed by atoms with Gasteiger partial charge < -0.3 is 0 Å². The topological polar surface area (TPSA) is 87.8 Å². The lowest BCUT2D eigenvalue weighted by molar-refractivity contribution is 0.600. The zero-order chi connectivity index (χ0) is 20.4. The number of benzene rings is 2. The number of nitrogens with zero attached hydrogens (tertiary/aromatic N) is 3. The SMILES string of the molecule is Cc1ccccc1-n1nc(-c2cccs2)cc1NS(=O)(=O)c1ccc(C#N)cc1. The minimum Gasteiger partial charge on any atom is -0.263 e. The molecule has 0 saturated carbocycles. The van der Waals surface area contributed by atoms with Crippen molar-refractivity contribution < 1.29 is 8.42 Å². The fourth-order valence-corrected chi connectivity index (χ4v) is 4.60. The molecule has 1 N–H and O–H groups in total. The van der Waals surface area contributed by atoms with Gasteiger partial charge in [-0.25, -0.2) is 13.1 Å². The molecule has 2 aromatic carbocycles. The predicted octanol–water partition coefficient (Wildman–Crippen LogP) is 4.58. The van der Waals surface area contributed by atoms with E-state index in [0.29, 0.717) is 17.1 Å². The summed E-state index contributed by atoms with van der Waals surface area (Å²) < 4.78 is 30.1. The van der Waals surface area contributed by atoms with Crippen molar-refractivity contribution in [2.24, 2.45) is 0 Å². The number of hydrogen-bond donors (Lipinski definition) is 1. The van der Waals surface area contributed by atoms with Gasteiger partial charge in [0.2, 0.25) is 0 Å². The van der Waals surface area contributed by atoms with E-state index in [1.54, 1.807) is 10.7 Å². The van der Waals surface area contributed by atoms with E-state index in [1.807, 2.05) is 54.8 Å². The van der Waals surface area contributed by atoms with Crippen LogP contribution in [0.4, 0.5) is 5.82 Å². The normalized spacial score (nSPS) is 11.2. The van der Waals surface area contributed by atoms with Crippen LogP contribution in [0.25, 0.3) is 16.3 Å². The van der Waals surface area contributed by atoms with Crippen molar-refractivity contribution in [3.63, 3.8) is 0 Å². The molecule has 0 aliphatic heterocycles. The molecule has 0 radical (unpaired) electrons. The van der Waals surface area contributed by atoms with Gasteiger partial charge >= 0.3 is 0 Å². The summed E-state index contributed by atoms with van der Waals surface area (Å²) in [5.41, 5.74) is 2.83. The highest BCUT2D eigenvalue weighted by atomic mass is 32.2. The van der Waals surface area contributed by atoms with E-state index in [1.165, 1.54) is 35.6 Å². The van der Waals surface area contributed by atoms with Gasteiger partial charge in [0.15, 0.2) is 0 Å². The number of aryl methyl sites for hydroxylation is 1. The average molecular weight is 421 g/mol. The Morgan fingerprint density at radius 2 is 1.83 bits per heavy atom. The first-order valence-corrected chi connectivity index (χ1v) is 11.1. The standard InChI is InChI=1S/C21H16N4O2S2/c1-15-5-2-3-6-19(15)25-21(13-18(23-25)20-7-4-12-28-20)24-29(26,27)17-10-8-16(14-22)9-11-17/h2-13,24H,1H3. The van der Waals surface area contributed by atoms with Crippen molar-refractivity contribution in [1.29, 1.82) is 5.26 Å². The fraction of sp³-hybridized carbons (Fsp3) is 0.0476. The van der Waals surface area contributed by atoms with E-state index in [4.69, 9.17) is 5.26 Å². The van der Waals surface area contributed by atoms with Crippen LogP contribution in [0.3, 0.4) is 0 Å². The zero-order valence-electron chi connectivity index (χ0n) is 15.4. The number of aromatic nitrogens is 2. The average Bonchev–Trinajstić information content (AvgIpc) is 3.38. The van der Waals surface area contributed by atoms with Crippen molar-refractivity contribution in [3.8, 4) is 22.3 Å². The highest BCUT2D eigenvalue weighted by Crippen LogP contribution is 2.30. The molecule has 4 rings (SSSR count). The number of para-hydroxylation sites is 1. The molecule has 4 aromatic rings. The van der Waals surface area contributed by atoms with E-state index in [2.05, 4.69) is 9.82 Å². The number of rotatable bonds is 5. The summed E-state index contributed by atoms with van der Waals surface area (Å²) in [4.78, 5) is 1.02. The number of thiophene rings is 1. The summed E-state index contributed by atoms with van der Waals surface area (Å²) in [5, 5.41) is 15.5. The van der Waals surface area contributed by atoms with Crippen LogP contribution in [-0.4, -0.2) is 18.2 Å². The van der Waals surface area contributed by atoms with Gasteiger partial charge in [-0.15, -0.1) is 11.3 Å². The summed E-state index contributed by atoms with van der Waals surface area (Å²) in [6, 6.07) is 21.0. The maximum atomic E-state index is 12.9. The second-order valence-electron chi connectivity index (χ2n) is 6.33. The monoisotopic (exact) mass is 420 g/mol. The van der Waals surface area contributed by atoms with Crippen molar-refractivity contribution in [2.45, 2.75) is 11.8 Å². The van der Waals surface area contributed by atoms with Gasteiger partial charge in [-0.3, -0.25) is 4.72 Å². The molecule has 0 spiro atoms. The zero-order valence-corrected chi connectivity index (χ0v) is 17.0. The predicted molar refractivity (Wildman–Crippen MR) is 114 cm³/mol. The maximum Gasteiger partial charge on any atom is 0.263 e. The first-order valence-electron chi connectivity index (χ1n) is 8.71. The maximum absolute atomic E-state index is 12.9. The minimum absolute atomic E-state index is 0.0757. The van der Waals surface area contributed by atoms with E-state index in [9.17, 15) is 8.42 Å². The third kappa shape index (κ3) is 3.78. The van der Waals surface area contributed by atoms with Crippen LogP contribution in [0.2, 0.25) is 0 Å². The van der Waals surface area contributed by atoms with Crippen LogP contribution < -0.4 is 4.72 Å².